The molecule has 1 atom stereocenters. The standard InChI is InChI=1S/C59H108O6/c1-4-7-10-13-16-19-22-25-27-28-29-30-32-35-37-40-43-46-49-52-58(61)64-55-56(65-59(62)53-50-47-44-41-38-33-24-21-18-15-12-9-6-3)54-63-57(60)51-48-45-42-39-36-34-31-26-23-20-17-14-11-8-5-2/h16,19-20,23,25,27,56H,4-15,17-18,21-22,24,26,28-55H2,1-3H3/b19-16-,23-20-,27-25-/t56-/m0/s1. The highest BCUT2D eigenvalue weighted by atomic mass is 16.6. The lowest BCUT2D eigenvalue weighted by Crippen LogP contribution is -2.30. The zero-order valence-corrected chi connectivity index (χ0v) is 43.5. The van der Waals surface area contributed by atoms with E-state index >= 15 is 0 Å². The molecule has 0 rings (SSSR count). The Balaban J connectivity index is 4.32. The van der Waals surface area contributed by atoms with E-state index in [0.717, 1.165) is 64.2 Å². The summed E-state index contributed by atoms with van der Waals surface area (Å²) in [6, 6.07) is 0. The number of esters is 3. The van der Waals surface area contributed by atoms with Crippen molar-refractivity contribution in [3.05, 3.63) is 36.5 Å². The van der Waals surface area contributed by atoms with Crippen molar-refractivity contribution in [2.24, 2.45) is 0 Å². The summed E-state index contributed by atoms with van der Waals surface area (Å²) in [6.45, 7) is 6.63. The van der Waals surface area contributed by atoms with Gasteiger partial charge in [-0.15, -0.1) is 0 Å². The molecule has 0 spiro atoms. The Hall–Kier alpha value is -2.37. The average molecular weight is 914 g/mol. The zero-order valence-electron chi connectivity index (χ0n) is 43.5. The fourth-order valence-corrected chi connectivity index (χ4v) is 8.29. The number of allylic oxidation sites excluding steroid dienone is 6. The molecule has 0 aromatic carbocycles. The van der Waals surface area contributed by atoms with Crippen LogP contribution in [0.2, 0.25) is 0 Å². The van der Waals surface area contributed by atoms with Gasteiger partial charge in [-0.2, -0.15) is 0 Å². The quantitative estimate of drug-likeness (QED) is 0.0262. The van der Waals surface area contributed by atoms with Gasteiger partial charge >= 0.3 is 17.9 Å². The van der Waals surface area contributed by atoms with Crippen LogP contribution in [0, 0.1) is 0 Å². The Bertz CT molecular complexity index is 1090. The number of unbranched alkanes of at least 4 members (excludes halogenated alkanes) is 35. The van der Waals surface area contributed by atoms with Crippen molar-refractivity contribution in [2.45, 2.75) is 309 Å². The predicted molar refractivity (Wildman–Crippen MR) is 279 cm³/mol. The van der Waals surface area contributed by atoms with Crippen molar-refractivity contribution in [3.8, 4) is 0 Å². The van der Waals surface area contributed by atoms with Crippen LogP contribution in [-0.4, -0.2) is 37.2 Å². The molecule has 0 heterocycles. The molecule has 6 nitrogen and oxygen atoms in total. The molecule has 0 unspecified atom stereocenters. The van der Waals surface area contributed by atoms with Crippen molar-refractivity contribution in [1.29, 1.82) is 0 Å². The van der Waals surface area contributed by atoms with Crippen LogP contribution in [0.25, 0.3) is 0 Å². The van der Waals surface area contributed by atoms with E-state index < -0.39 is 6.10 Å². The summed E-state index contributed by atoms with van der Waals surface area (Å²) in [6.07, 6.45) is 64.1. The first kappa shape index (κ1) is 62.6. The molecule has 65 heavy (non-hydrogen) atoms. The minimum atomic E-state index is -0.772. The molecule has 0 aliphatic carbocycles. The minimum Gasteiger partial charge on any atom is -0.462 e. The largest absolute Gasteiger partial charge is 0.462 e. The third kappa shape index (κ3) is 52.5. The number of hydrogen-bond acceptors (Lipinski definition) is 6. The molecule has 0 bridgehead atoms. The second-order valence-electron chi connectivity index (χ2n) is 19.2. The van der Waals surface area contributed by atoms with Crippen molar-refractivity contribution in [1.82, 2.24) is 0 Å². The topological polar surface area (TPSA) is 78.9 Å². The molecule has 0 fully saturated rings. The molecule has 0 saturated heterocycles. The Morgan fingerprint density at radius 1 is 0.308 bits per heavy atom. The first-order valence-corrected chi connectivity index (χ1v) is 28.5. The molecule has 0 aliphatic heterocycles. The highest BCUT2D eigenvalue weighted by Crippen LogP contribution is 2.16. The first-order chi connectivity index (χ1) is 32.0. The molecule has 380 valence electrons. The zero-order chi connectivity index (χ0) is 47.2. The molecule has 6 heteroatoms. The maximum absolute atomic E-state index is 12.8. The second-order valence-corrected chi connectivity index (χ2v) is 19.2. The van der Waals surface area contributed by atoms with E-state index in [1.807, 2.05) is 0 Å². The third-order valence-electron chi connectivity index (χ3n) is 12.6. The Morgan fingerprint density at radius 3 is 0.908 bits per heavy atom. The molecular formula is C59H108O6. The monoisotopic (exact) mass is 913 g/mol. The summed E-state index contributed by atoms with van der Waals surface area (Å²) < 4.78 is 16.9. The number of ether oxygens (including phenoxy) is 3. The molecule has 0 aromatic rings. The van der Waals surface area contributed by atoms with Gasteiger partial charge in [0.05, 0.1) is 0 Å². The summed E-state index contributed by atoms with van der Waals surface area (Å²) in [4.78, 5) is 38.1. The molecule has 0 saturated carbocycles. The number of hydrogen-bond donors (Lipinski definition) is 0. The van der Waals surface area contributed by atoms with Gasteiger partial charge in [0.25, 0.3) is 0 Å². The fraction of sp³-hybridized carbons (Fsp3) is 0.847. The highest BCUT2D eigenvalue weighted by molar-refractivity contribution is 5.71. The Morgan fingerprint density at radius 2 is 0.554 bits per heavy atom. The van der Waals surface area contributed by atoms with E-state index in [-0.39, 0.29) is 31.1 Å². The van der Waals surface area contributed by atoms with Crippen LogP contribution in [0.1, 0.15) is 303 Å². The van der Waals surface area contributed by atoms with Gasteiger partial charge in [0.1, 0.15) is 13.2 Å². The average Bonchev–Trinajstić information content (AvgIpc) is 3.30. The van der Waals surface area contributed by atoms with Gasteiger partial charge in [0, 0.05) is 19.3 Å². The van der Waals surface area contributed by atoms with Gasteiger partial charge in [0.2, 0.25) is 0 Å². The van der Waals surface area contributed by atoms with Crippen LogP contribution in [0.5, 0.6) is 0 Å². The van der Waals surface area contributed by atoms with E-state index in [1.165, 1.54) is 199 Å². The second kappa shape index (κ2) is 54.2. The van der Waals surface area contributed by atoms with E-state index in [2.05, 4.69) is 57.2 Å². The third-order valence-corrected chi connectivity index (χ3v) is 12.6. The number of carbonyl (C=O) groups is 3. The summed E-state index contributed by atoms with van der Waals surface area (Å²) in [5.41, 5.74) is 0. The van der Waals surface area contributed by atoms with Gasteiger partial charge < -0.3 is 14.2 Å². The summed E-state index contributed by atoms with van der Waals surface area (Å²) in [7, 11) is 0. The van der Waals surface area contributed by atoms with Gasteiger partial charge in [-0.25, -0.2) is 0 Å². The molecule has 0 radical (unpaired) electrons. The van der Waals surface area contributed by atoms with Crippen molar-refractivity contribution in [2.75, 3.05) is 13.2 Å². The van der Waals surface area contributed by atoms with Crippen LogP contribution in [0.3, 0.4) is 0 Å². The summed E-state index contributed by atoms with van der Waals surface area (Å²) in [5.74, 6) is -0.864. The Labute approximate surface area is 404 Å². The van der Waals surface area contributed by atoms with Crippen molar-refractivity contribution >= 4 is 17.9 Å². The molecule has 0 amide bonds. The lowest BCUT2D eigenvalue weighted by Gasteiger charge is -2.18. The van der Waals surface area contributed by atoms with Gasteiger partial charge in [-0.05, 0) is 77.0 Å². The van der Waals surface area contributed by atoms with Crippen LogP contribution in [0.4, 0.5) is 0 Å². The maximum Gasteiger partial charge on any atom is 0.306 e. The predicted octanol–water partition coefficient (Wildman–Crippen LogP) is 18.9. The molecule has 0 aromatic heterocycles. The van der Waals surface area contributed by atoms with Gasteiger partial charge in [-0.1, -0.05) is 243 Å². The van der Waals surface area contributed by atoms with E-state index in [9.17, 15) is 14.4 Å². The van der Waals surface area contributed by atoms with Crippen LogP contribution in [0.15, 0.2) is 36.5 Å². The van der Waals surface area contributed by atoms with Crippen LogP contribution in [-0.2, 0) is 28.6 Å². The van der Waals surface area contributed by atoms with E-state index in [0.29, 0.717) is 19.3 Å². The van der Waals surface area contributed by atoms with Crippen molar-refractivity contribution < 1.29 is 28.6 Å². The van der Waals surface area contributed by atoms with Gasteiger partial charge in [0.15, 0.2) is 6.10 Å². The number of rotatable bonds is 52. The molecule has 0 N–H and O–H groups in total. The van der Waals surface area contributed by atoms with Crippen LogP contribution >= 0.6 is 0 Å². The van der Waals surface area contributed by atoms with E-state index in [4.69, 9.17) is 14.2 Å². The first-order valence-electron chi connectivity index (χ1n) is 28.5. The minimum absolute atomic E-state index is 0.0722. The van der Waals surface area contributed by atoms with Crippen LogP contribution < -0.4 is 0 Å². The normalized spacial score (nSPS) is 12.2. The molecule has 0 aliphatic rings. The smallest absolute Gasteiger partial charge is 0.306 e. The number of carbonyl (C=O) groups excluding carboxylic acids is 3. The highest BCUT2D eigenvalue weighted by Gasteiger charge is 2.19. The molecular weight excluding hydrogens is 805 g/mol. The summed E-state index contributed by atoms with van der Waals surface area (Å²) >= 11 is 0. The van der Waals surface area contributed by atoms with Gasteiger partial charge in [-0.3, -0.25) is 14.4 Å². The lowest BCUT2D eigenvalue weighted by molar-refractivity contribution is -0.167. The summed E-state index contributed by atoms with van der Waals surface area (Å²) in [5, 5.41) is 0. The fourth-order valence-electron chi connectivity index (χ4n) is 8.29. The lowest BCUT2D eigenvalue weighted by atomic mass is 10.0. The van der Waals surface area contributed by atoms with E-state index in [1.54, 1.807) is 0 Å². The van der Waals surface area contributed by atoms with Crippen molar-refractivity contribution in [3.63, 3.8) is 0 Å². The SMILES string of the molecule is CCCCC/C=C\C/C=C\CCCCCCCCCCCC(=O)OC[C@H](COC(=O)CCCCCCCCC/C=C\CCCCCC)OC(=O)CCCCCCCCCCCCCCC. The maximum atomic E-state index is 12.8. The Kier molecular flexibility index (Phi) is 52.3.